The Hall–Kier alpha value is -0.900. The Labute approximate surface area is 110 Å². The van der Waals surface area contributed by atoms with Gasteiger partial charge in [-0.25, -0.2) is 0 Å². The fraction of sp³-hybridized carbons (Fsp3) is 0.600. The van der Waals surface area contributed by atoms with Gasteiger partial charge in [-0.3, -0.25) is 0 Å². The lowest BCUT2D eigenvalue weighted by Crippen LogP contribution is -2.36. The lowest BCUT2D eigenvalue weighted by molar-refractivity contribution is -0.0126. The topological polar surface area (TPSA) is 55.5 Å². The van der Waals surface area contributed by atoms with Gasteiger partial charge in [0.2, 0.25) is 0 Å². The molecule has 0 saturated carbocycles. The van der Waals surface area contributed by atoms with E-state index in [2.05, 4.69) is 24.3 Å². The summed E-state index contributed by atoms with van der Waals surface area (Å²) in [7, 11) is 1.52. The zero-order valence-corrected chi connectivity index (χ0v) is 11.2. The van der Waals surface area contributed by atoms with Crippen molar-refractivity contribution in [2.24, 2.45) is 5.73 Å². The first-order chi connectivity index (χ1) is 8.74. The molecular weight excluding hydrogens is 226 g/mol. The summed E-state index contributed by atoms with van der Waals surface area (Å²) in [4.78, 5) is 0. The molecule has 3 N–H and O–H groups in total. The molecule has 1 rings (SSSR count). The number of aliphatic hydroxyl groups is 1. The second kappa shape index (κ2) is 9.09. The van der Waals surface area contributed by atoms with Crippen LogP contribution in [0.25, 0.3) is 0 Å². The van der Waals surface area contributed by atoms with Crippen LogP contribution < -0.4 is 5.73 Å². The van der Waals surface area contributed by atoms with Gasteiger partial charge in [-0.15, -0.1) is 0 Å². The first-order valence-electron chi connectivity index (χ1n) is 6.74. The van der Waals surface area contributed by atoms with Crippen molar-refractivity contribution in [1.82, 2.24) is 0 Å². The Kier molecular flexibility index (Phi) is 7.65. The molecular formula is C15H25NO2. The molecule has 3 nitrogen and oxygen atoms in total. The average Bonchev–Trinajstić information content (AvgIpc) is 2.42. The number of aliphatic hydroxyl groups excluding tert-OH is 1. The van der Waals surface area contributed by atoms with Gasteiger partial charge in [0, 0.05) is 7.11 Å². The summed E-state index contributed by atoms with van der Waals surface area (Å²) < 4.78 is 4.88. The molecule has 2 unspecified atom stereocenters. The van der Waals surface area contributed by atoms with Gasteiger partial charge < -0.3 is 15.6 Å². The van der Waals surface area contributed by atoms with Gasteiger partial charge in [0.15, 0.2) is 0 Å². The van der Waals surface area contributed by atoms with Gasteiger partial charge in [0.05, 0.1) is 6.10 Å². The van der Waals surface area contributed by atoms with Crippen molar-refractivity contribution in [2.45, 2.75) is 50.9 Å². The predicted octanol–water partition coefficient (Wildman–Crippen LogP) is 2.47. The van der Waals surface area contributed by atoms with Gasteiger partial charge in [-0.2, -0.15) is 0 Å². The molecule has 0 amide bonds. The first kappa shape index (κ1) is 15.2. The smallest absolute Gasteiger partial charge is 0.131 e. The highest BCUT2D eigenvalue weighted by molar-refractivity contribution is 5.14. The number of hydrogen-bond acceptors (Lipinski definition) is 3. The zero-order valence-electron chi connectivity index (χ0n) is 11.2. The highest BCUT2D eigenvalue weighted by Gasteiger charge is 2.12. The third kappa shape index (κ3) is 6.15. The van der Waals surface area contributed by atoms with Crippen LogP contribution in [0.4, 0.5) is 0 Å². The van der Waals surface area contributed by atoms with E-state index in [0.717, 1.165) is 25.7 Å². The zero-order chi connectivity index (χ0) is 13.2. The SMILES string of the molecule is COC(N)C(O)CCCCCCc1ccccc1. The molecule has 3 heteroatoms. The van der Waals surface area contributed by atoms with Gasteiger partial charge >= 0.3 is 0 Å². The van der Waals surface area contributed by atoms with Crippen molar-refractivity contribution >= 4 is 0 Å². The summed E-state index contributed by atoms with van der Waals surface area (Å²) in [5.41, 5.74) is 6.96. The second-order valence-corrected chi connectivity index (χ2v) is 4.71. The largest absolute Gasteiger partial charge is 0.389 e. The number of benzene rings is 1. The number of nitrogens with two attached hydrogens (primary N) is 1. The molecule has 2 atom stereocenters. The lowest BCUT2D eigenvalue weighted by atomic mass is 10.0. The normalized spacial score (nSPS) is 14.4. The molecule has 0 aliphatic rings. The minimum atomic E-state index is -0.547. The minimum Gasteiger partial charge on any atom is -0.389 e. The average molecular weight is 251 g/mol. The number of methoxy groups -OCH3 is 1. The molecule has 1 aromatic carbocycles. The monoisotopic (exact) mass is 251 g/mol. The summed E-state index contributed by atoms with van der Waals surface area (Å²) in [6.07, 6.45) is 5.33. The number of unbranched alkanes of at least 4 members (excludes halogenated alkanes) is 3. The van der Waals surface area contributed by atoms with E-state index in [9.17, 15) is 5.11 Å². The molecule has 0 fully saturated rings. The first-order valence-corrected chi connectivity index (χ1v) is 6.74. The van der Waals surface area contributed by atoms with Crippen LogP contribution >= 0.6 is 0 Å². The quantitative estimate of drug-likeness (QED) is 0.523. The van der Waals surface area contributed by atoms with Crippen LogP contribution in [0.5, 0.6) is 0 Å². The van der Waals surface area contributed by atoms with Crippen molar-refractivity contribution in [3.05, 3.63) is 35.9 Å². The van der Waals surface area contributed by atoms with Crippen molar-refractivity contribution in [3.63, 3.8) is 0 Å². The molecule has 0 aromatic heterocycles. The number of rotatable bonds is 9. The summed E-state index contributed by atoms with van der Waals surface area (Å²) in [6, 6.07) is 10.5. The highest BCUT2D eigenvalue weighted by atomic mass is 16.5. The molecule has 1 aromatic rings. The molecule has 0 aliphatic heterocycles. The highest BCUT2D eigenvalue weighted by Crippen LogP contribution is 2.10. The van der Waals surface area contributed by atoms with E-state index >= 15 is 0 Å². The number of hydrogen-bond donors (Lipinski definition) is 2. The van der Waals surface area contributed by atoms with Crippen LogP contribution in [0.1, 0.15) is 37.7 Å². The van der Waals surface area contributed by atoms with Crippen LogP contribution in [0.3, 0.4) is 0 Å². The third-order valence-electron chi connectivity index (χ3n) is 3.21. The number of aryl methyl sites for hydroxylation is 1. The van der Waals surface area contributed by atoms with Crippen LogP contribution in [0.2, 0.25) is 0 Å². The van der Waals surface area contributed by atoms with Gasteiger partial charge in [-0.05, 0) is 24.8 Å². The van der Waals surface area contributed by atoms with Gasteiger partial charge in [-0.1, -0.05) is 49.6 Å². The van der Waals surface area contributed by atoms with E-state index < -0.39 is 12.3 Å². The van der Waals surface area contributed by atoms with E-state index in [1.54, 1.807) is 0 Å². The summed E-state index contributed by atoms with van der Waals surface area (Å²) in [5, 5.41) is 9.60. The lowest BCUT2D eigenvalue weighted by Gasteiger charge is -2.16. The molecule has 0 spiro atoms. The maximum Gasteiger partial charge on any atom is 0.131 e. The van der Waals surface area contributed by atoms with Gasteiger partial charge in [0.25, 0.3) is 0 Å². The Morgan fingerprint density at radius 2 is 1.78 bits per heavy atom. The predicted molar refractivity (Wildman–Crippen MR) is 74.2 cm³/mol. The second-order valence-electron chi connectivity index (χ2n) is 4.71. The third-order valence-corrected chi connectivity index (χ3v) is 3.21. The van der Waals surface area contributed by atoms with Crippen molar-refractivity contribution in [2.75, 3.05) is 7.11 Å². The Morgan fingerprint density at radius 1 is 1.11 bits per heavy atom. The van der Waals surface area contributed by atoms with E-state index in [1.807, 2.05) is 6.07 Å². The van der Waals surface area contributed by atoms with Crippen LogP contribution in [-0.4, -0.2) is 24.5 Å². The Balaban J connectivity index is 1.99. The summed E-state index contributed by atoms with van der Waals surface area (Å²) in [5.74, 6) is 0. The standard InChI is InChI=1S/C15H25NO2/c1-18-15(16)14(17)12-8-3-2-5-9-13-10-6-4-7-11-13/h4,6-7,10-11,14-15,17H,2-3,5,8-9,12,16H2,1H3. The fourth-order valence-corrected chi connectivity index (χ4v) is 2.00. The maximum absolute atomic E-state index is 9.60. The Morgan fingerprint density at radius 3 is 2.44 bits per heavy atom. The number of ether oxygens (including phenoxy) is 1. The van der Waals surface area contributed by atoms with E-state index in [1.165, 1.54) is 25.5 Å². The molecule has 18 heavy (non-hydrogen) atoms. The molecule has 0 heterocycles. The van der Waals surface area contributed by atoms with E-state index in [4.69, 9.17) is 10.5 Å². The van der Waals surface area contributed by atoms with Gasteiger partial charge in [0.1, 0.15) is 6.23 Å². The molecule has 0 saturated heterocycles. The molecule has 0 bridgehead atoms. The van der Waals surface area contributed by atoms with E-state index in [-0.39, 0.29) is 0 Å². The maximum atomic E-state index is 9.60. The summed E-state index contributed by atoms with van der Waals surface area (Å²) in [6.45, 7) is 0. The van der Waals surface area contributed by atoms with Crippen LogP contribution in [-0.2, 0) is 11.2 Å². The van der Waals surface area contributed by atoms with Crippen molar-refractivity contribution < 1.29 is 9.84 Å². The van der Waals surface area contributed by atoms with Crippen LogP contribution in [0, 0.1) is 0 Å². The van der Waals surface area contributed by atoms with Crippen LogP contribution in [0.15, 0.2) is 30.3 Å². The fourth-order valence-electron chi connectivity index (χ4n) is 2.00. The van der Waals surface area contributed by atoms with Crippen molar-refractivity contribution in [3.8, 4) is 0 Å². The van der Waals surface area contributed by atoms with Crippen molar-refractivity contribution in [1.29, 1.82) is 0 Å². The molecule has 102 valence electrons. The molecule has 0 aliphatic carbocycles. The Bertz CT molecular complexity index is 303. The molecule has 0 radical (unpaired) electrons. The minimum absolute atomic E-state index is 0.538. The van der Waals surface area contributed by atoms with E-state index in [0.29, 0.717) is 0 Å². The summed E-state index contributed by atoms with van der Waals surface area (Å²) >= 11 is 0.